The van der Waals surface area contributed by atoms with Gasteiger partial charge in [-0.05, 0) is 24.5 Å². The Kier molecular flexibility index (Phi) is 5.56. The Balaban J connectivity index is 2.98. The number of nitrogens with one attached hydrogen (secondary N) is 1. The van der Waals surface area contributed by atoms with Gasteiger partial charge in [-0.15, -0.1) is 0 Å². The predicted octanol–water partition coefficient (Wildman–Crippen LogP) is 2.84. The first-order valence-electron chi connectivity index (χ1n) is 6.35. The van der Waals surface area contributed by atoms with Gasteiger partial charge in [-0.2, -0.15) is 13.2 Å². The topological polar surface area (TPSA) is 49.3 Å². The molecule has 6 heteroatoms. The van der Waals surface area contributed by atoms with Gasteiger partial charge in [0.05, 0.1) is 11.1 Å². The summed E-state index contributed by atoms with van der Waals surface area (Å²) in [6.45, 7) is 3.52. The quantitative estimate of drug-likeness (QED) is 0.875. The Morgan fingerprint density at radius 3 is 2.40 bits per heavy atom. The van der Waals surface area contributed by atoms with E-state index in [4.69, 9.17) is 5.11 Å². The van der Waals surface area contributed by atoms with E-state index in [0.717, 1.165) is 12.1 Å². The number of rotatable bonds is 5. The molecule has 0 aliphatic rings. The maximum atomic E-state index is 12.8. The molecule has 3 nitrogen and oxygen atoms in total. The highest BCUT2D eigenvalue weighted by atomic mass is 19.4. The molecule has 0 heterocycles. The molecular formula is C14H18F3NO2. The maximum Gasteiger partial charge on any atom is 0.417 e. The van der Waals surface area contributed by atoms with Crippen molar-refractivity contribution in [1.82, 2.24) is 5.32 Å². The van der Waals surface area contributed by atoms with Crippen molar-refractivity contribution < 1.29 is 23.1 Å². The highest BCUT2D eigenvalue weighted by Gasteiger charge is 2.35. The smallest absolute Gasteiger partial charge is 0.396 e. The van der Waals surface area contributed by atoms with E-state index in [9.17, 15) is 18.0 Å². The van der Waals surface area contributed by atoms with Crippen LogP contribution in [-0.2, 0) is 6.18 Å². The van der Waals surface area contributed by atoms with Gasteiger partial charge < -0.3 is 10.4 Å². The van der Waals surface area contributed by atoms with Gasteiger partial charge in [0.25, 0.3) is 5.91 Å². The minimum atomic E-state index is -4.57. The average Bonchev–Trinajstić information content (AvgIpc) is 2.37. The van der Waals surface area contributed by atoms with Crippen LogP contribution in [0.3, 0.4) is 0 Å². The van der Waals surface area contributed by atoms with E-state index in [1.807, 2.05) is 13.8 Å². The summed E-state index contributed by atoms with van der Waals surface area (Å²) in [6.07, 6.45) is -4.27. The van der Waals surface area contributed by atoms with Crippen LogP contribution < -0.4 is 5.32 Å². The summed E-state index contributed by atoms with van der Waals surface area (Å²) in [5.41, 5.74) is -1.35. The van der Waals surface area contributed by atoms with E-state index in [1.54, 1.807) is 0 Å². The first-order valence-corrected chi connectivity index (χ1v) is 6.35. The van der Waals surface area contributed by atoms with E-state index in [-0.39, 0.29) is 18.6 Å². The van der Waals surface area contributed by atoms with E-state index in [0.29, 0.717) is 6.42 Å². The Morgan fingerprint density at radius 2 is 1.90 bits per heavy atom. The number of alkyl halides is 3. The highest BCUT2D eigenvalue weighted by molar-refractivity contribution is 5.96. The van der Waals surface area contributed by atoms with Crippen molar-refractivity contribution in [1.29, 1.82) is 0 Å². The summed E-state index contributed by atoms with van der Waals surface area (Å²) in [4.78, 5) is 12.0. The Hall–Kier alpha value is -1.56. The van der Waals surface area contributed by atoms with E-state index >= 15 is 0 Å². The van der Waals surface area contributed by atoms with Gasteiger partial charge in [-0.25, -0.2) is 0 Å². The molecule has 1 atom stereocenters. The molecule has 2 N–H and O–H groups in total. The number of carbonyl (C=O) groups is 1. The summed E-state index contributed by atoms with van der Waals surface area (Å²) in [6, 6.07) is 4.29. The van der Waals surface area contributed by atoms with Crippen LogP contribution in [0.4, 0.5) is 13.2 Å². The fraction of sp³-hybridized carbons (Fsp3) is 0.500. The summed E-state index contributed by atoms with van der Waals surface area (Å²) in [5, 5.41) is 11.5. The van der Waals surface area contributed by atoms with Crippen LogP contribution in [0.5, 0.6) is 0 Å². The lowest BCUT2D eigenvalue weighted by atomic mass is 10.00. The number of aliphatic hydroxyl groups is 1. The summed E-state index contributed by atoms with van der Waals surface area (Å²) in [7, 11) is 0. The molecule has 0 bridgehead atoms. The molecule has 0 radical (unpaired) electrons. The van der Waals surface area contributed by atoms with Crippen molar-refractivity contribution in [2.24, 2.45) is 5.92 Å². The minimum Gasteiger partial charge on any atom is -0.396 e. The lowest BCUT2D eigenvalue weighted by Crippen LogP contribution is -2.39. The molecule has 1 aromatic rings. The number of aliphatic hydroxyl groups excluding tert-OH is 1. The first-order chi connectivity index (χ1) is 9.27. The highest BCUT2D eigenvalue weighted by Crippen LogP contribution is 2.31. The molecule has 0 aromatic heterocycles. The zero-order valence-corrected chi connectivity index (χ0v) is 11.4. The second kappa shape index (κ2) is 6.74. The average molecular weight is 289 g/mol. The Labute approximate surface area is 115 Å². The SMILES string of the molecule is CC(C)C(CCO)NC(=O)c1ccccc1C(F)(F)F. The number of hydrogen-bond acceptors (Lipinski definition) is 2. The van der Waals surface area contributed by atoms with Crippen molar-refractivity contribution in [3.8, 4) is 0 Å². The van der Waals surface area contributed by atoms with Crippen LogP contribution >= 0.6 is 0 Å². The van der Waals surface area contributed by atoms with Gasteiger partial charge in [0, 0.05) is 12.6 Å². The van der Waals surface area contributed by atoms with Crippen molar-refractivity contribution in [3.63, 3.8) is 0 Å². The summed E-state index contributed by atoms with van der Waals surface area (Å²) >= 11 is 0. The van der Waals surface area contributed by atoms with E-state index < -0.39 is 23.2 Å². The molecule has 1 aromatic carbocycles. The second-order valence-corrected chi connectivity index (χ2v) is 4.88. The lowest BCUT2D eigenvalue weighted by molar-refractivity contribution is -0.137. The molecule has 112 valence electrons. The molecule has 1 rings (SSSR count). The standard InChI is InChI=1S/C14H18F3NO2/c1-9(2)12(7-8-19)18-13(20)10-5-3-4-6-11(10)14(15,16)17/h3-6,9,12,19H,7-8H2,1-2H3,(H,18,20). The molecular weight excluding hydrogens is 271 g/mol. The lowest BCUT2D eigenvalue weighted by Gasteiger charge is -2.22. The first kappa shape index (κ1) is 16.5. The minimum absolute atomic E-state index is 0.0177. The van der Waals surface area contributed by atoms with Crippen LogP contribution in [0, 0.1) is 5.92 Å². The molecule has 0 aliphatic carbocycles. The largest absolute Gasteiger partial charge is 0.417 e. The fourth-order valence-electron chi connectivity index (χ4n) is 1.89. The van der Waals surface area contributed by atoms with Crippen molar-refractivity contribution in [3.05, 3.63) is 35.4 Å². The molecule has 20 heavy (non-hydrogen) atoms. The number of carbonyl (C=O) groups excluding carboxylic acids is 1. The zero-order valence-electron chi connectivity index (χ0n) is 11.4. The van der Waals surface area contributed by atoms with Crippen molar-refractivity contribution in [2.45, 2.75) is 32.5 Å². The number of halogens is 3. The predicted molar refractivity (Wildman–Crippen MR) is 69.2 cm³/mol. The van der Waals surface area contributed by atoms with Crippen LogP contribution in [0.25, 0.3) is 0 Å². The van der Waals surface area contributed by atoms with Crippen LogP contribution in [0.2, 0.25) is 0 Å². The van der Waals surface area contributed by atoms with Gasteiger partial charge in [-0.1, -0.05) is 26.0 Å². The molecule has 0 aliphatic heterocycles. The molecule has 0 fully saturated rings. The molecule has 1 amide bonds. The molecule has 0 spiro atoms. The van der Waals surface area contributed by atoms with E-state index in [1.165, 1.54) is 12.1 Å². The number of hydrogen-bond donors (Lipinski definition) is 2. The fourth-order valence-corrected chi connectivity index (χ4v) is 1.89. The molecule has 1 unspecified atom stereocenters. The maximum absolute atomic E-state index is 12.8. The summed E-state index contributed by atoms with van der Waals surface area (Å²) in [5.74, 6) is -0.755. The number of benzene rings is 1. The van der Waals surface area contributed by atoms with Crippen LogP contribution in [0.15, 0.2) is 24.3 Å². The third kappa shape index (κ3) is 4.23. The molecule has 0 saturated heterocycles. The molecule has 0 saturated carbocycles. The van der Waals surface area contributed by atoms with Gasteiger partial charge in [-0.3, -0.25) is 4.79 Å². The van der Waals surface area contributed by atoms with Crippen molar-refractivity contribution >= 4 is 5.91 Å². The van der Waals surface area contributed by atoms with Gasteiger partial charge in [0.1, 0.15) is 0 Å². The van der Waals surface area contributed by atoms with Gasteiger partial charge in [0.15, 0.2) is 0 Å². The summed E-state index contributed by atoms with van der Waals surface area (Å²) < 4.78 is 38.5. The van der Waals surface area contributed by atoms with E-state index in [2.05, 4.69) is 5.32 Å². The van der Waals surface area contributed by atoms with Gasteiger partial charge >= 0.3 is 6.18 Å². The Bertz CT molecular complexity index is 458. The van der Waals surface area contributed by atoms with Crippen LogP contribution in [-0.4, -0.2) is 23.7 Å². The third-order valence-electron chi connectivity index (χ3n) is 3.04. The van der Waals surface area contributed by atoms with Gasteiger partial charge in [0.2, 0.25) is 0 Å². The number of amides is 1. The zero-order chi connectivity index (χ0) is 15.3. The Morgan fingerprint density at radius 1 is 1.30 bits per heavy atom. The normalized spacial score (nSPS) is 13.3. The van der Waals surface area contributed by atoms with Crippen molar-refractivity contribution in [2.75, 3.05) is 6.61 Å². The van der Waals surface area contributed by atoms with Crippen LogP contribution in [0.1, 0.15) is 36.2 Å². The third-order valence-corrected chi connectivity index (χ3v) is 3.04. The second-order valence-electron chi connectivity index (χ2n) is 4.88. The monoisotopic (exact) mass is 289 g/mol.